The highest BCUT2D eigenvalue weighted by Gasteiger charge is 2.31. The number of fused-ring (bicyclic) bond motifs is 1. The maximum atomic E-state index is 13.4. The van der Waals surface area contributed by atoms with Crippen molar-refractivity contribution in [3.63, 3.8) is 0 Å². The third-order valence-electron chi connectivity index (χ3n) is 6.73. The molecule has 0 spiro atoms. The van der Waals surface area contributed by atoms with Crippen molar-refractivity contribution in [1.82, 2.24) is 20.2 Å². The van der Waals surface area contributed by atoms with Crippen LogP contribution < -0.4 is 5.32 Å². The number of ether oxygens (including phenoxy) is 1. The van der Waals surface area contributed by atoms with E-state index in [0.29, 0.717) is 6.54 Å². The van der Waals surface area contributed by atoms with Gasteiger partial charge in [0.2, 0.25) is 5.91 Å². The summed E-state index contributed by atoms with van der Waals surface area (Å²) in [7, 11) is 0. The average Bonchev–Trinajstić information content (AvgIpc) is 3.28. The highest BCUT2D eigenvalue weighted by Crippen LogP contribution is 2.24. The number of rotatable bonds is 10. The third-order valence-corrected chi connectivity index (χ3v) is 6.73. The summed E-state index contributed by atoms with van der Waals surface area (Å²) in [5, 5.41) is 2.68. The van der Waals surface area contributed by atoms with E-state index in [4.69, 9.17) is 9.72 Å². The van der Waals surface area contributed by atoms with Gasteiger partial charge >= 0.3 is 6.09 Å². The first-order valence-electron chi connectivity index (χ1n) is 12.9. The number of carbonyl (C=O) groups is 3. The average molecular weight is 485 g/mol. The standard InChI is InChI=1S/C27H40N4O4/c1-6-20-11-7-8-13-31(20)24(33)15-22(29-27(34)35-16-17(2)3)23(32)14-19(5)26-28-21-12-9-10-18(4)25(21)30-26/h9-10,12,17,19-20,22H,6-8,11,13-16H2,1-5H3,(H,28,30)(H,29,34)/t19-,20+,22+/m1/s1. The zero-order valence-electron chi connectivity index (χ0n) is 21.7. The van der Waals surface area contributed by atoms with Crippen LogP contribution in [0.2, 0.25) is 0 Å². The van der Waals surface area contributed by atoms with Gasteiger partial charge in [0.25, 0.3) is 0 Å². The van der Waals surface area contributed by atoms with Crippen LogP contribution in [0.4, 0.5) is 4.79 Å². The smallest absolute Gasteiger partial charge is 0.407 e. The van der Waals surface area contributed by atoms with Crippen LogP contribution in [-0.2, 0) is 14.3 Å². The molecule has 0 aliphatic carbocycles. The Bertz CT molecular complexity index is 1030. The number of alkyl carbamates (subject to hydrolysis) is 1. The van der Waals surface area contributed by atoms with E-state index in [1.807, 2.05) is 50.8 Å². The Morgan fingerprint density at radius 1 is 1.20 bits per heavy atom. The Labute approximate surface area is 208 Å². The van der Waals surface area contributed by atoms with Gasteiger partial charge < -0.3 is 19.9 Å². The number of imidazole rings is 1. The van der Waals surface area contributed by atoms with Gasteiger partial charge in [0.15, 0.2) is 5.78 Å². The van der Waals surface area contributed by atoms with E-state index in [0.717, 1.165) is 48.1 Å². The predicted octanol–water partition coefficient (Wildman–Crippen LogP) is 4.87. The van der Waals surface area contributed by atoms with Crippen LogP contribution in [0.25, 0.3) is 11.0 Å². The lowest BCUT2D eigenvalue weighted by atomic mass is 9.95. The molecule has 2 heterocycles. The van der Waals surface area contributed by atoms with Gasteiger partial charge in [-0.2, -0.15) is 0 Å². The zero-order chi connectivity index (χ0) is 25.5. The van der Waals surface area contributed by atoms with Crippen molar-refractivity contribution in [2.45, 2.75) is 91.1 Å². The topological polar surface area (TPSA) is 104 Å². The second-order valence-corrected chi connectivity index (χ2v) is 10.2. The molecule has 2 amide bonds. The second kappa shape index (κ2) is 12.2. The number of Topliss-reactive ketones (excluding diaryl/α,β-unsaturated/α-hetero) is 1. The van der Waals surface area contributed by atoms with E-state index in [9.17, 15) is 14.4 Å². The number of nitrogens with one attached hydrogen (secondary N) is 2. The number of piperidine rings is 1. The number of aryl methyl sites for hydroxylation is 1. The maximum Gasteiger partial charge on any atom is 0.407 e. The lowest BCUT2D eigenvalue weighted by molar-refractivity contribution is -0.137. The molecule has 0 unspecified atom stereocenters. The summed E-state index contributed by atoms with van der Waals surface area (Å²) in [6.45, 7) is 10.8. The molecule has 192 valence electrons. The molecule has 2 N–H and O–H groups in total. The van der Waals surface area contributed by atoms with E-state index in [1.54, 1.807) is 0 Å². The fourth-order valence-corrected chi connectivity index (χ4v) is 4.69. The molecular formula is C27H40N4O4. The van der Waals surface area contributed by atoms with Crippen molar-refractivity contribution in [2.24, 2.45) is 5.92 Å². The van der Waals surface area contributed by atoms with Crippen molar-refractivity contribution in [3.05, 3.63) is 29.6 Å². The maximum absolute atomic E-state index is 13.4. The van der Waals surface area contributed by atoms with Gasteiger partial charge in [0.1, 0.15) is 5.82 Å². The van der Waals surface area contributed by atoms with Gasteiger partial charge in [-0.05, 0) is 50.2 Å². The van der Waals surface area contributed by atoms with Crippen LogP contribution in [0.3, 0.4) is 0 Å². The lowest BCUT2D eigenvalue weighted by Gasteiger charge is -2.36. The SMILES string of the molecule is CC[C@H]1CCCCN1C(=O)C[C@H](NC(=O)OCC(C)C)C(=O)C[C@@H](C)c1nc2c(C)cccc2[nH]1. The molecule has 0 saturated carbocycles. The number of amides is 2. The molecule has 0 radical (unpaired) electrons. The molecule has 3 atom stereocenters. The molecular weight excluding hydrogens is 444 g/mol. The van der Waals surface area contributed by atoms with Crippen molar-refractivity contribution >= 4 is 28.8 Å². The molecule has 2 aromatic rings. The predicted molar refractivity (Wildman–Crippen MR) is 136 cm³/mol. The highest BCUT2D eigenvalue weighted by atomic mass is 16.5. The number of aromatic nitrogens is 2. The summed E-state index contributed by atoms with van der Waals surface area (Å²) in [5.74, 6) is 0.406. The molecule has 0 bridgehead atoms. The van der Waals surface area contributed by atoms with Crippen molar-refractivity contribution in [3.8, 4) is 0 Å². The molecule has 1 aromatic carbocycles. The number of aromatic amines is 1. The first-order valence-corrected chi connectivity index (χ1v) is 12.9. The van der Waals surface area contributed by atoms with E-state index in [-0.39, 0.29) is 49.0 Å². The third kappa shape index (κ3) is 7.05. The number of hydrogen-bond acceptors (Lipinski definition) is 5. The summed E-state index contributed by atoms with van der Waals surface area (Å²) in [4.78, 5) is 48.9. The minimum atomic E-state index is -0.935. The van der Waals surface area contributed by atoms with E-state index < -0.39 is 12.1 Å². The molecule has 8 heteroatoms. The molecule has 3 rings (SSSR count). The summed E-state index contributed by atoms with van der Waals surface area (Å²) in [6.07, 6.45) is 3.37. The Morgan fingerprint density at radius 2 is 1.97 bits per heavy atom. The van der Waals surface area contributed by atoms with Gasteiger partial charge in [-0.3, -0.25) is 9.59 Å². The summed E-state index contributed by atoms with van der Waals surface area (Å²) < 4.78 is 5.25. The molecule has 1 fully saturated rings. The Kier molecular flexibility index (Phi) is 9.29. The Hall–Kier alpha value is -2.90. The van der Waals surface area contributed by atoms with Crippen LogP contribution in [0.15, 0.2) is 18.2 Å². The molecule has 1 aliphatic rings. The fraction of sp³-hybridized carbons (Fsp3) is 0.630. The first kappa shape index (κ1) is 26.7. The second-order valence-electron chi connectivity index (χ2n) is 10.2. The van der Waals surface area contributed by atoms with E-state index in [2.05, 4.69) is 17.2 Å². The van der Waals surface area contributed by atoms with Gasteiger partial charge in [-0.15, -0.1) is 0 Å². The largest absolute Gasteiger partial charge is 0.449 e. The van der Waals surface area contributed by atoms with Crippen molar-refractivity contribution < 1.29 is 19.1 Å². The van der Waals surface area contributed by atoms with Crippen LogP contribution in [-0.4, -0.2) is 57.9 Å². The van der Waals surface area contributed by atoms with Crippen LogP contribution in [0.5, 0.6) is 0 Å². The van der Waals surface area contributed by atoms with E-state index in [1.165, 1.54) is 0 Å². The Morgan fingerprint density at radius 3 is 2.66 bits per heavy atom. The minimum Gasteiger partial charge on any atom is -0.449 e. The van der Waals surface area contributed by atoms with Gasteiger partial charge in [0.05, 0.1) is 30.1 Å². The molecule has 1 saturated heterocycles. The molecule has 35 heavy (non-hydrogen) atoms. The van der Waals surface area contributed by atoms with E-state index >= 15 is 0 Å². The molecule has 1 aliphatic heterocycles. The fourth-order valence-electron chi connectivity index (χ4n) is 4.69. The van der Waals surface area contributed by atoms with Crippen LogP contribution in [0, 0.1) is 12.8 Å². The minimum absolute atomic E-state index is 0.0575. The number of benzene rings is 1. The monoisotopic (exact) mass is 484 g/mol. The van der Waals surface area contributed by atoms with Gasteiger partial charge in [-0.25, -0.2) is 9.78 Å². The summed E-state index contributed by atoms with van der Waals surface area (Å²) in [6, 6.07) is 5.19. The number of H-pyrrole nitrogens is 1. The van der Waals surface area contributed by atoms with Crippen LogP contribution in [0.1, 0.15) is 83.5 Å². The highest BCUT2D eigenvalue weighted by molar-refractivity contribution is 5.92. The lowest BCUT2D eigenvalue weighted by Crippen LogP contribution is -2.49. The normalized spacial score (nSPS) is 17.9. The summed E-state index contributed by atoms with van der Waals surface area (Å²) in [5.41, 5.74) is 2.88. The van der Waals surface area contributed by atoms with Crippen molar-refractivity contribution in [1.29, 1.82) is 0 Å². The number of likely N-dealkylation sites (tertiary alicyclic amines) is 1. The van der Waals surface area contributed by atoms with Gasteiger partial charge in [0, 0.05) is 24.9 Å². The van der Waals surface area contributed by atoms with Gasteiger partial charge in [-0.1, -0.05) is 39.8 Å². The number of hydrogen-bond donors (Lipinski definition) is 2. The zero-order valence-corrected chi connectivity index (χ0v) is 21.7. The quantitative estimate of drug-likeness (QED) is 0.501. The van der Waals surface area contributed by atoms with Crippen LogP contribution >= 0.6 is 0 Å². The number of para-hydroxylation sites is 1. The first-order chi connectivity index (χ1) is 16.7. The van der Waals surface area contributed by atoms with Crippen molar-refractivity contribution in [2.75, 3.05) is 13.2 Å². The molecule has 1 aromatic heterocycles. The summed E-state index contributed by atoms with van der Waals surface area (Å²) >= 11 is 0. The number of nitrogens with zero attached hydrogens (tertiary/aromatic N) is 2. The number of ketones is 1. The Balaban J connectivity index is 1.73. The number of carbonyl (C=O) groups excluding carboxylic acids is 3. The molecule has 8 nitrogen and oxygen atoms in total.